The first kappa shape index (κ1) is 57.4. The number of aryl methyl sites for hydroxylation is 1. The number of imidazole rings is 1. The van der Waals surface area contributed by atoms with Crippen LogP contribution in [0.25, 0.3) is 22.4 Å². The van der Waals surface area contributed by atoms with Crippen LogP contribution in [0.4, 0.5) is 0 Å². The molecule has 14 heteroatoms. The van der Waals surface area contributed by atoms with Gasteiger partial charge in [-0.15, -0.1) is 0 Å². The highest BCUT2D eigenvalue weighted by atomic mass is 16.6. The number of rotatable bonds is 14. The molecular formula is C64H88N2O12. The summed E-state index contributed by atoms with van der Waals surface area (Å²) in [6, 6.07) is 12.9. The minimum Gasteiger partial charge on any atom is -0.480 e. The third-order valence-electron chi connectivity index (χ3n) is 19.2. The topological polar surface area (TPSA) is 176 Å². The van der Waals surface area contributed by atoms with Crippen LogP contribution in [-0.4, -0.2) is 75.7 Å². The van der Waals surface area contributed by atoms with Gasteiger partial charge in [0.05, 0.1) is 46.2 Å². The standard InChI is InChI=1S/C64H88N2O12/c1-62(2,3)45-20-16-42(17-21-45)58(69)74-48-26-24-47(25-27-48)73-57(68)40-12-14-41(15-13-40)61(72)77-55-33-32-51(38-52(55)56-65-53-10-8-9-11-54(53)66(56)7)78-64(39-67)36-34-44(35-37-64)60(71)76-50-30-28-49(29-31-50)75-59(70)43-18-22-46(23-19-43)63(4,5)6/h8-11,32-33,38-50H,12-31,34-37H2,1-7H3. The summed E-state index contributed by atoms with van der Waals surface area (Å²) in [6.07, 6.45) is 16.7. The molecule has 3 aromatic rings. The smallest absolute Gasteiger partial charge is 0.314 e. The molecule has 0 bridgehead atoms. The first-order chi connectivity index (χ1) is 37.2. The van der Waals surface area contributed by atoms with Gasteiger partial charge in [0.15, 0.2) is 11.9 Å². The minimum atomic E-state index is -1.17. The number of nitrogens with zero attached hydrogens (tertiary/aromatic N) is 2. The van der Waals surface area contributed by atoms with Crippen LogP contribution in [0.5, 0.6) is 11.5 Å². The van der Waals surface area contributed by atoms with E-state index in [1.54, 1.807) is 18.2 Å². The van der Waals surface area contributed by atoms with Gasteiger partial charge in [-0.2, -0.15) is 0 Å². The molecule has 6 aliphatic rings. The summed E-state index contributed by atoms with van der Waals surface area (Å²) in [4.78, 5) is 84.9. The quantitative estimate of drug-likeness (QED) is 0.0646. The monoisotopic (exact) mass is 1080 g/mol. The number of carbonyl (C=O) groups is 6. The maximum Gasteiger partial charge on any atom is 0.314 e. The molecule has 426 valence electrons. The van der Waals surface area contributed by atoms with Crippen LogP contribution in [0.2, 0.25) is 0 Å². The van der Waals surface area contributed by atoms with Crippen molar-refractivity contribution in [2.24, 2.45) is 59.3 Å². The molecule has 0 spiro atoms. The normalized spacial score (nSPS) is 31.0. The molecular weight excluding hydrogens is 989 g/mol. The zero-order valence-electron chi connectivity index (χ0n) is 47.7. The largest absolute Gasteiger partial charge is 0.480 e. The van der Waals surface area contributed by atoms with Crippen molar-refractivity contribution in [1.29, 1.82) is 0 Å². The highest BCUT2D eigenvalue weighted by Gasteiger charge is 2.43. The van der Waals surface area contributed by atoms with Crippen molar-refractivity contribution < 1.29 is 57.2 Å². The Morgan fingerprint density at radius 1 is 0.513 bits per heavy atom. The Balaban J connectivity index is 0.741. The van der Waals surface area contributed by atoms with E-state index < -0.39 is 11.5 Å². The van der Waals surface area contributed by atoms with E-state index in [4.69, 9.17) is 33.4 Å². The summed E-state index contributed by atoms with van der Waals surface area (Å²) in [7, 11) is 1.90. The third-order valence-corrected chi connectivity index (χ3v) is 19.2. The number of hydrogen-bond donors (Lipinski definition) is 0. The summed E-state index contributed by atoms with van der Waals surface area (Å²) in [6.45, 7) is 13.7. The lowest BCUT2D eigenvalue weighted by atomic mass is 9.70. The van der Waals surface area contributed by atoms with E-state index in [2.05, 4.69) is 41.5 Å². The van der Waals surface area contributed by atoms with Gasteiger partial charge in [-0.05, 0) is 207 Å². The van der Waals surface area contributed by atoms with Crippen molar-refractivity contribution in [2.45, 2.75) is 226 Å². The summed E-state index contributed by atoms with van der Waals surface area (Å²) >= 11 is 0. The second kappa shape index (κ2) is 24.6. The molecule has 0 unspecified atom stereocenters. The van der Waals surface area contributed by atoms with Crippen LogP contribution in [0, 0.1) is 52.3 Å². The number of esters is 5. The van der Waals surface area contributed by atoms with E-state index in [0.717, 1.165) is 68.7 Å². The second-order valence-electron chi connectivity index (χ2n) is 26.5. The molecule has 0 aliphatic heterocycles. The van der Waals surface area contributed by atoms with Gasteiger partial charge in [0, 0.05) is 7.05 Å². The second-order valence-corrected chi connectivity index (χ2v) is 26.5. The van der Waals surface area contributed by atoms with Gasteiger partial charge in [0.25, 0.3) is 0 Å². The van der Waals surface area contributed by atoms with Crippen LogP contribution >= 0.6 is 0 Å². The molecule has 0 atom stereocenters. The number of fused-ring (bicyclic) bond motifs is 1. The van der Waals surface area contributed by atoms with Crippen molar-refractivity contribution >= 4 is 47.2 Å². The van der Waals surface area contributed by atoms with Crippen molar-refractivity contribution in [3.8, 4) is 22.9 Å². The van der Waals surface area contributed by atoms with E-state index >= 15 is 0 Å². The Labute approximate surface area is 462 Å². The average Bonchev–Trinajstić information content (AvgIpc) is 3.85. The van der Waals surface area contributed by atoms with Crippen molar-refractivity contribution in [3.05, 3.63) is 42.5 Å². The van der Waals surface area contributed by atoms with Crippen molar-refractivity contribution in [2.75, 3.05) is 0 Å². The highest BCUT2D eigenvalue weighted by molar-refractivity contribution is 5.84. The summed E-state index contributed by atoms with van der Waals surface area (Å²) in [5.74, 6) is 0.390. The van der Waals surface area contributed by atoms with Crippen molar-refractivity contribution in [1.82, 2.24) is 9.55 Å². The van der Waals surface area contributed by atoms with Crippen LogP contribution in [-0.2, 0) is 54.8 Å². The molecule has 9 rings (SSSR count). The number of benzene rings is 2. The summed E-state index contributed by atoms with van der Waals surface area (Å²) < 4.78 is 38.7. The van der Waals surface area contributed by atoms with Gasteiger partial charge >= 0.3 is 29.8 Å². The summed E-state index contributed by atoms with van der Waals surface area (Å²) in [5.41, 5.74) is 1.51. The zero-order chi connectivity index (χ0) is 55.4. The Kier molecular flexibility index (Phi) is 18.1. The highest BCUT2D eigenvalue weighted by Crippen LogP contribution is 2.44. The lowest BCUT2D eigenvalue weighted by Crippen LogP contribution is -2.43. The molecule has 6 aliphatic carbocycles. The van der Waals surface area contributed by atoms with E-state index in [-0.39, 0.29) is 88.8 Å². The van der Waals surface area contributed by atoms with Crippen LogP contribution in [0.3, 0.4) is 0 Å². The van der Waals surface area contributed by atoms with E-state index in [9.17, 15) is 28.8 Å². The molecule has 1 heterocycles. The third kappa shape index (κ3) is 14.0. The number of carbonyl (C=O) groups excluding carboxylic acids is 6. The number of aromatic nitrogens is 2. The molecule has 78 heavy (non-hydrogen) atoms. The Morgan fingerprint density at radius 3 is 1.29 bits per heavy atom. The molecule has 6 fully saturated rings. The maximum atomic E-state index is 14.0. The Morgan fingerprint density at radius 2 is 0.897 bits per heavy atom. The average molecular weight is 1080 g/mol. The maximum absolute atomic E-state index is 14.0. The zero-order valence-corrected chi connectivity index (χ0v) is 47.7. The summed E-state index contributed by atoms with van der Waals surface area (Å²) in [5, 5.41) is 0. The lowest BCUT2D eigenvalue weighted by Gasteiger charge is -2.37. The van der Waals surface area contributed by atoms with Gasteiger partial charge in [-0.25, -0.2) is 4.98 Å². The number of hydrogen-bond acceptors (Lipinski definition) is 13. The fraction of sp³-hybridized carbons (Fsp3) is 0.703. The van der Waals surface area contributed by atoms with E-state index in [1.165, 1.54) is 0 Å². The predicted molar refractivity (Wildman–Crippen MR) is 295 cm³/mol. The Hall–Kier alpha value is -5.27. The van der Waals surface area contributed by atoms with Gasteiger partial charge < -0.3 is 33.0 Å². The first-order valence-corrected chi connectivity index (χ1v) is 30.0. The van der Waals surface area contributed by atoms with Gasteiger partial charge in [-0.1, -0.05) is 53.7 Å². The molecule has 0 amide bonds. The molecule has 6 saturated carbocycles. The SMILES string of the molecule is Cn1c(-c2cc(OC3(C=O)CCC(C(=O)OC4CCC(OC(=O)C5CCC(C(C)(C)C)CC5)CC4)CC3)ccc2OC(=O)C2CCC(C(=O)OC3CCC(OC(=O)C4CCC(C(C)(C)C)CC4)CC3)CC2)nc2ccccc21. The van der Waals surface area contributed by atoms with Gasteiger partial charge in [0.2, 0.25) is 0 Å². The Bertz CT molecular complexity index is 2580. The molecule has 14 nitrogen and oxygen atoms in total. The number of para-hydroxylation sites is 2. The molecule has 0 radical (unpaired) electrons. The fourth-order valence-corrected chi connectivity index (χ4v) is 13.8. The van der Waals surface area contributed by atoms with Crippen LogP contribution in [0.15, 0.2) is 42.5 Å². The molecule has 1 aromatic heterocycles. The number of aldehydes is 1. The van der Waals surface area contributed by atoms with Gasteiger partial charge in [-0.3, -0.25) is 28.8 Å². The predicted octanol–water partition coefficient (Wildman–Crippen LogP) is 13.0. The molecule has 0 saturated heterocycles. The van der Waals surface area contributed by atoms with E-state index in [1.807, 2.05) is 35.9 Å². The van der Waals surface area contributed by atoms with Crippen molar-refractivity contribution in [3.63, 3.8) is 0 Å². The molecule has 0 N–H and O–H groups in total. The number of ether oxygens (including phenoxy) is 6. The van der Waals surface area contributed by atoms with E-state index in [0.29, 0.717) is 137 Å². The van der Waals surface area contributed by atoms with Crippen LogP contribution in [0.1, 0.15) is 196 Å². The molecule has 2 aromatic carbocycles. The van der Waals surface area contributed by atoms with Gasteiger partial charge in [0.1, 0.15) is 41.7 Å². The first-order valence-electron chi connectivity index (χ1n) is 30.0. The lowest BCUT2D eigenvalue weighted by molar-refractivity contribution is -0.165. The fourth-order valence-electron chi connectivity index (χ4n) is 13.8. The van der Waals surface area contributed by atoms with Crippen LogP contribution < -0.4 is 9.47 Å². The minimum absolute atomic E-state index is 0.0194.